The molecule has 0 saturated carbocycles. The van der Waals surface area contributed by atoms with Crippen LogP contribution in [0.1, 0.15) is 39.2 Å². The molecular weight excluding hydrogens is 302 g/mol. The molecule has 1 aromatic heterocycles. The van der Waals surface area contributed by atoms with Crippen molar-refractivity contribution in [1.29, 1.82) is 0 Å². The SMILES string of the molecule is CCN(Cc1ccc2[nH]ccc2c1)C(=O)NC1C[C@H](C)O[C@@H](C)C1. The van der Waals surface area contributed by atoms with Gasteiger partial charge in [-0.2, -0.15) is 0 Å². The lowest BCUT2D eigenvalue weighted by atomic mass is 10.00. The third kappa shape index (κ3) is 3.90. The fourth-order valence-electron chi connectivity index (χ4n) is 3.54. The highest BCUT2D eigenvalue weighted by Gasteiger charge is 2.26. The van der Waals surface area contributed by atoms with Crippen LogP contribution < -0.4 is 5.32 Å². The van der Waals surface area contributed by atoms with Crippen molar-refractivity contribution in [3.63, 3.8) is 0 Å². The van der Waals surface area contributed by atoms with Crippen LogP contribution in [0.25, 0.3) is 10.9 Å². The molecule has 2 aromatic rings. The van der Waals surface area contributed by atoms with Crippen molar-refractivity contribution in [3.8, 4) is 0 Å². The van der Waals surface area contributed by atoms with Gasteiger partial charge in [0.25, 0.3) is 0 Å². The maximum absolute atomic E-state index is 12.6. The van der Waals surface area contributed by atoms with E-state index in [4.69, 9.17) is 4.74 Å². The fourth-order valence-corrected chi connectivity index (χ4v) is 3.54. The first-order valence-corrected chi connectivity index (χ1v) is 8.82. The number of rotatable bonds is 4. The first-order valence-electron chi connectivity index (χ1n) is 8.82. The minimum absolute atomic E-state index is 0.0120. The van der Waals surface area contributed by atoms with Crippen LogP contribution >= 0.6 is 0 Å². The van der Waals surface area contributed by atoms with Gasteiger partial charge in [0, 0.05) is 30.8 Å². The van der Waals surface area contributed by atoms with E-state index < -0.39 is 0 Å². The summed E-state index contributed by atoms with van der Waals surface area (Å²) in [5.74, 6) is 0. The van der Waals surface area contributed by atoms with E-state index in [1.165, 1.54) is 5.39 Å². The highest BCUT2D eigenvalue weighted by Crippen LogP contribution is 2.20. The number of ether oxygens (including phenoxy) is 1. The lowest BCUT2D eigenvalue weighted by molar-refractivity contribution is -0.0407. The van der Waals surface area contributed by atoms with Gasteiger partial charge in [-0.25, -0.2) is 4.79 Å². The number of fused-ring (bicyclic) bond motifs is 1. The summed E-state index contributed by atoms with van der Waals surface area (Å²) in [7, 11) is 0. The number of benzene rings is 1. The summed E-state index contributed by atoms with van der Waals surface area (Å²) in [6.07, 6.45) is 4.09. The molecule has 0 radical (unpaired) electrons. The van der Waals surface area contributed by atoms with Crippen molar-refractivity contribution in [1.82, 2.24) is 15.2 Å². The van der Waals surface area contributed by atoms with Gasteiger partial charge in [-0.05, 0) is 62.8 Å². The van der Waals surface area contributed by atoms with Gasteiger partial charge in [0.2, 0.25) is 0 Å². The summed E-state index contributed by atoms with van der Waals surface area (Å²) in [4.78, 5) is 17.7. The standard InChI is InChI=1S/C19H27N3O2/c1-4-22(12-15-5-6-18-16(11-15)7-8-20-18)19(23)21-17-9-13(2)24-14(3)10-17/h5-8,11,13-14,17,20H,4,9-10,12H2,1-3H3,(H,21,23)/t13-,14-/m0/s1. The normalized spacial score (nSPS) is 24.0. The minimum Gasteiger partial charge on any atom is -0.375 e. The van der Waals surface area contributed by atoms with Crippen LogP contribution in [0.2, 0.25) is 0 Å². The Morgan fingerprint density at radius 3 is 2.75 bits per heavy atom. The van der Waals surface area contributed by atoms with Crippen molar-refractivity contribution >= 4 is 16.9 Å². The Morgan fingerprint density at radius 2 is 2.04 bits per heavy atom. The first-order chi connectivity index (χ1) is 11.5. The van der Waals surface area contributed by atoms with Gasteiger partial charge in [0.15, 0.2) is 0 Å². The van der Waals surface area contributed by atoms with Gasteiger partial charge in [-0.1, -0.05) is 6.07 Å². The highest BCUT2D eigenvalue weighted by atomic mass is 16.5. The first kappa shape index (κ1) is 16.8. The lowest BCUT2D eigenvalue weighted by Crippen LogP contribution is -2.48. The van der Waals surface area contributed by atoms with Crippen LogP contribution in [0.4, 0.5) is 4.79 Å². The number of nitrogens with one attached hydrogen (secondary N) is 2. The van der Waals surface area contributed by atoms with E-state index in [2.05, 4.69) is 48.4 Å². The number of nitrogens with zero attached hydrogens (tertiary/aromatic N) is 1. The number of carbonyl (C=O) groups is 1. The van der Waals surface area contributed by atoms with Crippen molar-refractivity contribution in [3.05, 3.63) is 36.0 Å². The third-order valence-electron chi connectivity index (χ3n) is 4.69. The Hall–Kier alpha value is -2.01. The molecule has 5 nitrogen and oxygen atoms in total. The average Bonchev–Trinajstić information content (AvgIpc) is 2.99. The van der Waals surface area contributed by atoms with Crippen LogP contribution in [-0.2, 0) is 11.3 Å². The Kier molecular flexibility index (Phi) is 5.09. The highest BCUT2D eigenvalue weighted by molar-refractivity contribution is 5.80. The van der Waals surface area contributed by atoms with E-state index in [-0.39, 0.29) is 24.3 Å². The van der Waals surface area contributed by atoms with E-state index in [1.54, 1.807) is 0 Å². The van der Waals surface area contributed by atoms with Crippen LogP contribution in [0, 0.1) is 0 Å². The van der Waals surface area contributed by atoms with Crippen LogP contribution in [0.3, 0.4) is 0 Å². The number of H-pyrrole nitrogens is 1. The van der Waals surface area contributed by atoms with Crippen LogP contribution in [0.15, 0.2) is 30.5 Å². The molecule has 0 unspecified atom stereocenters. The molecular formula is C19H27N3O2. The molecule has 5 heteroatoms. The second-order valence-corrected chi connectivity index (χ2v) is 6.79. The molecule has 2 atom stereocenters. The minimum atomic E-state index is 0.0120. The van der Waals surface area contributed by atoms with Gasteiger partial charge in [0.05, 0.1) is 12.2 Å². The summed E-state index contributed by atoms with van der Waals surface area (Å²) in [6, 6.07) is 8.54. The van der Waals surface area contributed by atoms with Crippen molar-refractivity contribution < 1.29 is 9.53 Å². The largest absolute Gasteiger partial charge is 0.375 e. The van der Waals surface area contributed by atoms with Gasteiger partial charge in [-0.15, -0.1) is 0 Å². The molecule has 2 N–H and O–H groups in total. The topological polar surface area (TPSA) is 57.4 Å². The van der Waals surface area contributed by atoms with E-state index in [0.29, 0.717) is 13.1 Å². The molecule has 3 rings (SSSR count). The maximum Gasteiger partial charge on any atom is 0.317 e. The summed E-state index contributed by atoms with van der Waals surface area (Å²) in [5.41, 5.74) is 2.27. The molecule has 130 valence electrons. The summed E-state index contributed by atoms with van der Waals surface area (Å²) in [6.45, 7) is 7.46. The van der Waals surface area contributed by atoms with Crippen LogP contribution in [0.5, 0.6) is 0 Å². The zero-order valence-electron chi connectivity index (χ0n) is 14.7. The number of aromatic nitrogens is 1. The number of aromatic amines is 1. The van der Waals surface area contributed by atoms with E-state index in [1.807, 2.05) is 18.0 Å². The predicted molar refractivity (Wildman–Crippen MR) is 95.9 cm³/mol. The Balaban J connectivity index is 1.63. The maximum atomic E-state index is 12.6. The van der Waals surface area contributed by atoms with Gasteiger partial charge in [0.1, 0.15) is 0 Å². The number of hydrogen-bond donors (Lipinski definition) is 2. The zero-order valence-corrected chi connectivity index (χ0v) is 14.7. The molecule has 1 fully saturated rings. The molecule has 1 aromatic carbocycles. The molecule has 2 amide bonds. The quantitative estimate of drug-likeness (QED) is 0.899. The zero-order chi connectivity index (χ0) is 17.1. The molecule has 0 bridgehead atoms. The molecule has 2 heterocycles. The average molecular weight is 329 g/mol. The van der Waals surface area contributed by atoms with Crippen LogP contribution in [-0.4, -0.2) is 40.7 Å². The van der Waals surface area contributed by atoms with Crippen molar-refractivity contribution in [2.45, 2.75) is 58.4 Å². The summed E-state index contributed by atoms with van der Waals surface area (Å²) >= 11 is 0. The van der Waals surface area contributed by atoms with Gasteiger partial charge >= 0.3 is 6.03 Å². The molecule has 0 aliphatic carbocycles. The Morgan fingerprint density at radius 1 is 1.29 bits per heavy atom. The fraction of sp³-hybridized carbons (Fsp3) is 0.526. The van der Waals surface area contributed by atoms with Gasteiger partial charge < -0.3 is 19.9 Å². The van der Waals surface area contributed by atoms with Gasteiger partial charge in [-0.3, -0.25) is 0 Å². The van der Waals surface area contributed by atoms with Crippen molar-refractivity contribution in [2.24, 2.45) is 0 Å². The number of carbonyl (C=O) groups excluding carboxylic acids is 1. The third-order valence-corrected chi connectivity index (χ3v) is 4.69. The lowest BCUT2D eigenvalue weighted by Gasteiger charge is -2.34. The number of hydrogen-bond acceptors (Lipinski definition) is 2. The summed E-state index contributed by atoms with van der Waals surface area (Å²) in [5, 5.41) is 4.36. The van der Waals surface area contributed by atoms with E-state index in [9.17, 15) is 4.79 Å². The molecule has 1 aliphatic rings. The molecule has 1 aliphatic heterocycles. The number of urea groups is 1. The molecule has 0 spiro atoms. The van der Waals surface area contributed by atoms with E-state index >= 15 is 0 Å². The molecule has 24 heavy (non-hydrogen) atoms. The van der Waals surface area contributed by atoms with Crippen molar-refractivity contribution in [2.75, 3.05) is 6.54 Å². The number of amides is 2. The monoisotopic (exact) mass is 329 g/mol. The summed E-state index contributed by atoms with van der Waals surface area (Å²) < 4.78 is 5.75. The Bertz CT molecular complexity index is 687. The molecule has 1 saturated heterocycles. The second kappa shape index (κ2) is 7.26. The predicted octanol–water partition coefficient (Wildman–Crippen LogP) is 3.66. The smallest absolute Gasteiger partial charge is 0.317 e. The Labute approximate surface area is 143 Å². The van der Waals surface area contributed by atoms with E-state index in [0.717, 1.165) is 23.9 Å². The second-order valence-electron chi connectivity index (χ2n) is 6.79.